The Hall–Kier alpha value is -1.81. The first-order chi connectivity index (χ1) is 8.03. The molecule has 0 bridgehead atoms. The van der Waals surface area contributed by atoms with Crippen LogP contribution in [0.25, 0.3) is 10.8 Å². The summed E-state index contributed by atoms with van der Waals surface area (Å²) >= 11 is 0. The quantitative estimate of drug-likeness (QED) is 0.706. The van der Waals surface area contributed by atoms with Crippen LogP contribution in [0.5, 0.6) is 0 Å². The van der Waals surface area contributed by atoms with Gasteiger partial charge < -0.3 is 16.2 Å². The summed E-state index contributed by atoms with van der Waals surface area (Å²) in [6, 6.07) is 7.62. The highest BCUT2D eigenvalue weighted by Crippen LogP contribution is 2.27. The number of hydrogen-bond acceptors (Lipinski definition) is 4. The van der Waals surface area contributed by atoms with Gasteiger partial charge in [-0.15, -0.1) is 0 Å². The van der Waals surface area contributed by atoms with Gasteiger partial charge in [0.05, 0.1) is 12.1 Å². The summed E-state index contributed by atoms with van der Waals surface area (Å²) in [4.78, 5) is 4.30. The number of nitrogen functional groups attached to an aromatic ring is 1. The lowest BCUT2D eigenvalue weighted by atomic mass is 10.1. The van der Waals surface area contributed by atoms with Crippen LogP contribution >= 0.6 is 0 Å². The van der Waals surface area contributed by atoms with Gasteiger partial charge in [0.25, 0.3) is 0 Å². The van der Waals surface area contributed by atoms with E-state index in [1.807, 2.05) is 38.1 Å². The minimum Gasteiger partial charge on any atom is -0.398 e. The molecule has 4 N–H and O–H groups in total. The van der Waals surface area contributed by atoms with Gasteiger partial charge in [-0.3, -0.25) is 0 Å². The molecule has 4 nitrogen and oxygen atoms in total. The van der Waals surface area contributed by atoms with Crippen molar-refractivity contribution in [2.24, 2.45) is 0 Å². The highest BCUT2D eigenvalue weighted by Gasteiger charge is 2.17. The topological polar surface area (TPSA) is 71.2 Å². The standard InChI is InChI=1S/C13H17N3O/c1-13(2,8-17)16-12-10-4-3-5-11(14)9(10)6-7-15-12/h3-7,17H,8,14H2,1-2H3,(H,15,16). The molecule has 90 valence electrons. The lowest BCUT2D eigenvalue weighted by Gasteiger charge is -2.25. The predicted molar refractivity (Wildman–Crippen MR) is 70.9 cm³/mol. The molecule has 0 unspecified atom stereocenters. The van der Waals surface area contributed by atoms with Crippen molar-refractivity contribution in [1.29, 1.82) is 0 Å². The van der Waals surface area contributed by atoms with Crippen LogP contribution in [0, 0.1) is 0 Å². The smallest absolute Gasteiger partial charge is 0.134 e. The molecule has 0 amide bonds. The number of nitrogens with zero attached hydrogens (tertiary/aromatic N) is 1. The largest absolute Gasteiger partial charge is 0.398 e. The molecular weight excluding hydrogens is 214 g/mol. The first kappa shape index (κ1) is 11.7. The van der Waals surface area contributed by atoms with Gasteiger partial charge in [0.1, 0.15) is 5.82 Å². The van der Waals surface area contributed by atoms with Crippen molar-refractivity contribution < 1.29 is 5.11 Å². The molecule has 17 heavy (non-hydrogen) atoms. The number of aromatic nitrogens is 1. The second-order valence-electron chi connectivity index (χ2n) is 4.77. The number of pyridine rings is 1. The summed E-state index contributed by atoms with van der Waals surface area (Å²) in [7, 11) is 0. The van der Waals surface area contributed by atoms with Crippen molar-refractivity contribution in [3.63, 3.8) is 0 Å². The Morgan fingerprint density at radius 1 is 1.29 bits per heavy atom. The zero-order valence-corrected chi connectivity index (χ0v) is 10.1. The first-order valence-corrected chi connectivity index (χ1v) is 5.56. The Labute approximate surface area is 100 Å². The van der Waals surface area contributed by atoms with Gasteiger partial charge in [-0.1, -0.05) is 12.1 Å². The maximum atomic E-state index is 9.27. The maximum Gasteiger partial charge on any atom is 0.134 e. The maximum absolute atomic E-state index is 9.27. The number of hydrogen-bond donors (Lipinski definition) is 3. The van der Waals surface area contributed by atoms with Crippen LogP contribution in [0.1, 0.15) is 13.8 Å². The van der Waals surface area contributed by atoms with Crippen LogP contribution in [0.2, 0.25) is 0 Å². The lowest BCUT2D eigenvalue weighted by molar-refractivity contribution is 0.234. The number of anilines is 2. The summed E-state index contributed by atoms with van der Waals surface area (Å²) in [5.74, 6) is 0.744. The van der Waals surface area contributed by atoms with Crippen LogP contribution in [-0.4, -0.2) is 22.2 Å². The van der Waals surface area contributed by atoms with Crippen LogP contribution in [0.4, 0.5) is 11.5 Å². The molecule has 0 radical (unpaired) electrons. The second-order valence-corrected chi connectivity index (χ2v) is 4.77. The number of benzene rings is 1. The van der Waals surface area contributed by atoms with Gasteiger partial charge in [0.15, 0.2) is 0 Å². The van der Waals surface area contributed by atoms with E-state index in [0.717, 1.165) is 22.3 Å². The highest BCUT2D eigenvalue weighted by molar-refractivity contribution is 5.99. The number of aliphatic hydroxyl groups excluding tert-OH is 1. The molecule has 0 aliphatic heterocycles. The SMILES string of the molecule is CC(C)(CO)Nc1nccc2c(N)cccc12. The fourth-order valence-corrected chi connectivity index (χ4v) is 1.69. The fourth-order valence-electron chi connectivity index (χ4n) is 1.69. The molecule has 4 heteroatoms. The van der Waals surface area contributed by atoms with E-state index < -0.39 is 5.54 Å². The predicted octanol–water partition coefficient (Wildman–Crippen LogP) is 2.00. The van der Waals surface area contributed by atoms with Crippen molar-refractivity contribution in [3.8, 4) is 0 Å². The Kier molecular flexibility index (Phi) is 2.90. The van der Waals surface area contributed by atoms with E-state index in [9.17, 15) is 5.11 Å². The zero-order valence-electron chi connectivity index (χ0n) is 10.1. The van der Waals surface area contributed by atoms with Crippen LogP contribution in [0.15, 0.2) is 30.5 Å². The van der Waals surface area contributed by atoms with E-state index in [2.05, 4.69) is 10.3 Å². The summed E-state index contributed by atoms with van der Waals surface area (Å²) in [6.07, 6.45) is 1.72. The van der Waals surface area contributed by atoms with E-state index in [0.29, 0.717) is 0 Å². The van der Waals surface area contributed by atoms with Gasteiger partial charge in [0.2, 0.25) is 0 Å². The molecule has 1 heterocycles. The van der Waals surface area contributed by atoms with Crippen LogP contribution < -0.4 is 11.1 Å². The monoisotopic (exact) mass is 231 g/mol. The third kappa shape index (κ3) is 2.31. The Morgan fingerprint density at radius 3 is 2.76 bits per heavy atom. The van der Waals surface area contributed by atoms with Crippen molar-refractivity contribution in [3.05, 3.63) is 30.5 Å². The zero-order chi connectivity index (χ0) is 12.5. The van der Waals surface area contributed by atoms with Crippen molar-refractivity contribution in [2.75, 3.05) is 17.7 Å². The summed E-state index contributed by atoms with van der Waals surface area (Å²) < 4.78 is 0. The fraction of sp³-hybridized carbons (Fsp3) is 0.308. The average Bonchev–Trinajstić information content (AvgIpc) is 2.30. The number of fused-ring (bicyclic) bond motifs is 1. The number of rotatable bonds is 3. The lowest BCUT2D eigenvalue weighted by Crippen LogP contribution is -2.35. The van der Waals surface area contributed by atoms with Gasteiger partial charge in [-0.2, -0.15) is 0 Å². The highest BCUT2D eigenvalue weighted by atomic mass is 16.3. The number of nitrogens with one attached hydrogen (secondary N) is 1. The third-order valence-electron chi connectivity index (χ3n) is 2.69. The van der Waals surface area contributed by atoms with Crippen molar-refractivity contribution in [2.45, 2.75) is 19.4 Å². The Bertz CT molecular complexity index is 537. The molecule has 0 spiro atoms. The van der Waals surface area contributed by atoms with Crippen molar-refractivity contribution >= 4 is 22.3 Å². The molecule has 0 saturated heterocycles. The molecule has 2 aromatic rings. The molecule has 0 aliphatic carbocycles. The summed E-state index contributed by atoms with van der Waals surface area (Å²) in [5, 5.41) is 14.4. The summed E-state index contributed by atoms with van der Waals surface area (Å²) in [6.45, 7) is 3.87. The van der Waals surface area contributed by atoms with E-state index in [-0.39, 0.29) is 6.61 Å². The number of nitrogens with two attached hydrogens (primary N) is 1. The van der Waals surface area contributed by atoms with Gasteiger partial charge in [0, 0.05) is 22.7 Å². The molecular formula is C13H17N3O. The van der Waals surface area contributed by atoms with E-state index in [1.165, 1.54) is 0 Å². The van der Waals surface area contributed by atoms with E-state index >= 15 is 0 Å². The van der Waals surface area contributed by atoms with Crippen LogP contribution in [-0.2, 0) is 0 Å². The molecule has 1 aromatic carbocycles. The normalized spacial score (nSPS) is 11.7. The number of aliphatic hydroxyl groups is 1. The minimum atomic E-state index is -0.411. The van der Waals surface area contributed by atoms with Gasteiger partial charge in [-0.25, -0.2) is 4.98 Å². The van der Waals surface area contributed by atoms with Crippen LogP contribution in [0.3, 0.4) is 0 Å². The molecule has 0 aliphatic rings. The van der Waals surface area contributed by atoms with E-state index in [4.69, 9.17) is 5.73 Å². The molecule has 0 atom stereocenters. The first-order valence-electron chi connectivity index (χ1n) is 5.56. The molecule has 0 fully saturated rings. The van der Waals surface area contributed by atoms with Crippen molar-refractivity contribution in [1.82, 2.24) is 4.98 Å². The summed E-state index contributed by atoms with van der Waals surface area (Å²) in [5.41, 5.74) is 6.24. The average molecular weight is 231 g/mol. The van der Waals surface area contributed by atoms with Gasteiger partial charge >= 0.3 is 0 Å². The second kappa shape index (κ2) is 4.22. The third-order valence-corrected chi connectivity index (χ3v) is 2.69. The van der Waals surface area contributed by atoms with Gasteiger partial charge in [-0.05, 0) is 26.0 Å². The molecule has 0 saturated carbocycles. The Morgan fingerprint density at radius 2 is 2.06 bits per heavy atom. The Balaban J connectivity index is 2.52. The molecule has 1 aromatic heterocycles. The van der Waals surface area contributed by atoms with E-state index in [1.54, 1.807) is 6.20 Å². The molecule has 2 rings (SSSR count). The minimum absolute atomic E-state index is 0.0351.